The second kappa shape index (κ2) is 4.32. The van der Waals surface area contributed by atoms with E-state index in [1.165, 1.54) is 0 Å². The van der Waals surface area contributed by atoms with Gasteiger partial charge in [0.05, 0.1) is 5.56 Å². The van der Waals surface area contributed by atoms with Crippen LogP contribution in [0.15, 0.2) is 36.4 Å². The Kier molecular flexibility index (Phi) is 3.10. The molecular formula is C11H11NO. The molecule has 0 saturated carbocycles. The molecule has 13 heavy (non-hydrogen) atoms. The van der Waals surface area contributed by atoms with Crippen LogP contribution in [0, 0.1) is 11.3 Å². The summed E-state index contributed by atoms with van der Waals surface area (Å²) in [5.41, 5.74) is 1.50. The number of nitrogens with zero attached hydrogens (tertiary/aromatic N) is 1. The van der Waals surface area contributed by atoms with E-state index in [1.807, 2.05) is 19.1 Å². The van der Waals surface area contributed by atoms with E-state index in [2.05, 4.69) is 12.6 Å². The van der Waals surface area contributed by atoms with Gasteiger partial charge in [0.2, 0.25) is 0 Å². The summed E-state index contributed by atoms with van der Waals surface area (Å²) in [5.74, 6) is 0.619. The zero-order valence-corrected chi connectivity index (χ0v) is 7.58. The number of hydrogen-bond acceptors (Lipinski definition) is 2. The molecule has 0 radical (unpaired) electrons. The molecule has 0 fully saturated rings. The molecule has 2 heteroatoms. The maximum Gasteiger partial charge on any atom is 0.137 e. The minimum atomic E-state index is 0.457. The summed E-state index contributed by atoms with van der Waals surface area (Å²) in [6.07, 6.45) is 0. The molecule has 1 rings (SSSR count). The van der Waals surface area contributed by atoms with Crippen molar-refractivity contribution < 1.29 is 4.74 Å². The van der Waals surface area contributed by atoms with Crippen molar-refractivity contribution in [3.05, 3.63) is 42.0 Å². The molecule has 0 unspecified atom stereocenters. The van der Waals surface area contributed by atoms with E-state index < -0.39 is 0 Å². The Hall–Kier alpha value is -1.75. The van der Waals surface area contributed by atoms with Crippen LogP contribution >= 0.6 is 0 Å². The van der Waals surface area contributed by atoms with Gasteiger partial charge in [-0.05, 0) is 24.6 Å². The third-order valence-corrected chi connectivity index (χ3v) is 1.48. The summed E-state index contributed by atoms with van der Waals surface area (Å²) in [7, 11) is 0. The van der Waals surface area contributed by atoms with Gasteiger partial charge < -0.3 is 4.74 Å². The minimum Gasteiger partial charge on any atom is -0.488 e. The molecule has 0 spiro atoms. The van der Waals surface area contributed by atoms with Crippen molar-refractivity contribution in [3.63, 3.8) is 0 Å². The standard InChI is InChI=1S/C11H11NO/c1-9(2)8-13-11-6-4-3-5-10(11)7-12/h3-6H,1,8H2,2H3. The van der Waals surface area contributed by atoms with Crippen LogP contribution in [0.3, 0.4) is 0 Å². The molecule has 0 saturated heterocycles. The predicted octanol–water partition coefficient (Wildman–Crippen LogP) is 2.51. The predicted molar refractivity (Wildman–Crippen MR) is 51.5 cm³/mol. The fourth-order valence-corrected chi connectivity index (χ4v) is 0.886. The third-order valence-electron chi connectivity index (χ3n) is 1.48. The summed E-state index contributed by atoms with van der Waals surface area (Å²) in [6.45, 7) is 6.06. The first kappa shape index (κ1) is 9.34. The molecule has 0 bridgehead atoms. The van der Waals surface area contributed by atoms with Crippen LogP contribution in [0.1, 0.15) is 12.5 Å². The first-order chi connectivity index (χ1) is 6.24. The van der Waals surface area contributed by atoms with Crippen LogP contribution in [-0.4, -0.2) is 6.61 Å². The normalized spacial score (nSPS) is 8.92. The number of benzene rings is 1. The minimum absolute atomic E-state index is 0.457. The maximum atomic E-state index is 8.73. The Balaban J connectivity index is 2.77. The molecular weight excluding hydrogens is 162 g/mol. The van der Waals surface area contributed by atoms with Crippen molar-refractivity contribution in [2.45, 2.75) is 6.92 Å². The van der Waals surface area contributed by atoms with Gasteiger partial charge in [0.1, 0.15) is 18.4 Å². The van der Waals surface area contributed by atoms with E-state index in [4.69, 9.17) is 10.00 Å². The van der Waals surface area contributed by atoms with Crippen molar-refractivity contribution in [1.29, 1.82) is 5.26 Å². The number of para-hydroxylation sites is 1. The highest BCUT2D eigenvalue weighted by molar-refractivity contribution is 5.42. The fraction of sp³-hybridized carbons (Fsp3) is 0.182. The highest BCUT2D eigenvalue weighted by Crippen LogP contribution is 2.16. The highest BCUT2D eigenvalue weighted by Gasteiger charge is 2.00. The zero-order valence-electron chi connectivity index (χ0n) is 7.58. The van der Waals surface area contributed by atoms with E-state index in [1.54, 1.807) is 12.1 Å². The van der Waals surface area contributed by atoms with Gasteiger partial charge in [-0.2, -0.15) is 5.26 Å². The second-order valence-corrected chi connectivity index (χ2v) is 2.85. The lowest BCUT2D eigenvalue weighted by Crippen LogP contribution is -1.98. The van der Waals surface area contributed by atoms with Gasteiger partial charge in [-0.15, -0.1) is 0 Å². The Morgan fingerprint density at radius 2 is 2.23 bits per heavy atom. The molecule has 2 nitrogen and oxygen atoms in total. The number of rotatable bonds is 3. The Morgan fingerprint density at radius 1 is 1.54 bits per heavy atom. The summed E-state index contributed by atoms with van der Waals surface area (Å²) in [4.78, 5) is 0. The SMILES string of the molecule is C=C(C)COc1ccccc1C#N. The van der Waals surface area contributed by atoms with Gasteiger partial charge in [0.25, 0.3) is 0 Å². The first-order valence-corrected chi connectivity index (χ1v) is 4.00. The second-order valence-electron chi connectivity index (χ2n) is 2.85. The summed E-state index contributed by atoms with van der Waals surface area (Å²) >= 11 is 0. The molecule has 66 valence electrons. The average Bonchev–Trinajstić information content (AvgIpc) is 2.15. The van der Waals surface area contributed by atoms with Crippen LogP contribution in [0.25, 0.3) is 0 Å². The summed E-state index contributed by atoms with van der Waals surface area (Å²) in [5, 5.41) is 8.73. The molecule has 0 aromatic heterocycles. The fourth-order valence-electron chi connectivity index (χ4n) is 0.886. The van der Waals surface area contributed by atoms with Crippen molar-refractivity contribution in [2.75, 3.05) is 6.61 Å². The van der Waals surface area contributed by atoms with Crippen LogP contribution in [0.5, 0.6) is 5.75 Å². The third kappa shape index (κ3) is 2.64. The quantitative estimate of drug-likeness (QED) is 0.658. The maximum absolute atomic E-state index is 8.73. The Labute approximate surface area is 78.1 Å². The largest absolute Gasteiger partial charge is 0.488 e. The molecule has 0 aliphatic heterocycles. The Bertz CT molecular complexity index is 349. The van der Waals surface area contributed by atoms with Gasteiger partial charge in [-0.3, -0.25) is 0 Å². The molecule has 0 heterocycles. The molecule has 1 aromatic carbocycles. The molecule has 1 aromatic rings. The van der Waals surface area contributed by atoms with Crippen LogP contribution in [0.4, 0.5) is 0 Å². The monoisotopic (exact) mass is 173 g/mol. The van der Waals surface area contributed by atoms with Crippen molar-refractivity contribution in [1.82, 2.24) is 0 Å². The van der Waals surface area contributed by atoms with E-state index in [0.717, 1.165) is 5.57 Å². The number of hydrogen-bond donors (Lipinski definition) is 0. The van der Waals surface area contributed by atoms with Crippen LogP contribution in [-0.2, 0) is 0 Å². The van der Waals surface area contributed by atoms with Gasteiger partial charge in [0, 0.05) is 0 Å². The summed E-state index contributed by atoms with van der Waals surface area (Å²) < 4.78 is 5.37. The topological polar surface area (TPSA) is 33.0 Å². The van der Waals surface area contributed by atoms with Crippen LogP contribution in [0.2, 0.25) is 0 Å². The summed E-state index contributed by atoms with van der Waals surface area (Å²) in [6, 6.07) is 9.23. The van der Waals surface area contributed by atoms with Gasteiger partial charge in [-0.1, -0.05) is 18.7 Å². The lowest BCUT2D eigenvalue weighted by Gasteiger charge is -2.06. The smallest absolute Gasteiger partial charge is 0.137 e. The van der Waals surface area contributed by atoms with E-state index in [-0.39, 0.29) is 0 Å². The van der Waals surface area contributed by atoms with Crippen LogP contribution < -0.4 is 4.74 Å². The Morgan fingerprint density at radius 3 is 2.85 bits per heavy atom. The lowest BCUT2D eigenvalue weighted by atomic mass is 10.2. The average molecular weight is 173 g/mol. The lowest BCUT2D eigenvalue weighted by molar-refractivity contribution is 0.351. The molecule has 0 amide bonds. The van der Waals surface area contributed by atoms with E-state index in [0.29, 0.717) is 17.9 Å². The highest BCUT2D eigenvalue weighted by atomic mass is 16.5. The zero-order chi connectivity index (χ0) is 9.68. The molecule has 0 aliphatic rings. The van der Waals surface area contributed by atoms with E-state index >= 15 is 0 Å². The van der Waals surface area contributed by atoms with Gasteiger partial charge >= 0.3 is 0 Å². The number of nitriles is 1. The molecule has 0 aliphatic carbocycles. The first-order valence-electron chi connectivity index (χ1n) is 4.00. The molecule has 0 N–H and O–H groups in total. The van der Waals surface area contributed by atoms with E-state index in [9.17, 15) is 0 Å². The van der Waals surface area contributed by atoms with Gasteiger partial charge in [0.15, 0.2) is 0 Å². The van der Waals surface area contributed by atoms with Gasteiger partial charge in [-0.25, -0.2) is 0 Å². The van der Waals surface area contributed by atoms with Crippen molar-refractivity contribution in [3.8, 4) is 11.8 Å². The van der Waals surface area contributed by atoms with Crippen molar-refractivity contribution >= 4 is 0 Å². The number of ether oxygens (including phenoxy) is 1. The van der Waals surface area contributed by atoms with Crippen molar-refractivity contribution in [2.24, 2.45) is 0 Å². The molecule has 0 atom stereocenters.